The molecule has 0 unspecified atom stereocenters. The molecule has 2 aromatic heterocycles. The molecule has 0 atom stereocenters. The van der Waals surface area contributed by atoms with Gasteiger partial charge >= 0.3 is 0 Å². The van der Waals surface area contributed by atoms with Gasteiger partial charge in [0, 0.05) is 56.2 Å². The van der Waals surface area contributed by atoms with E-state index in [0.717, 1.165) is 91.6 Å². The van der Waals surface area contributed by atoms with E-state index in [1.54, 1.807) is 7.11 Å². The molecule has 3 heterocycles. The molecule has 10 nitrogen and oxygen atoms in total. The van der Waals surface area contributed by atoms with Crippen molar-refractivity contribution in [2.75, 3.05) is 50.6 Å². The molecule has 1 amide bonds. The summed E-state index contributed by atoms with van der Waals surface area (Å²) in [5.41, 5.74) is 11.9. The summed E-state index contributed by atoms with van der Waals surface area (Å²) in [5.74, 6) is 1.31. The number of amides is 1. The van der Waals surface area contributed by atoms with Crippen molar-refractivity contribution in [1.82, 2.24) is 24.6 Å². The number of nitrogens with one attached hydrogen (secondary N) is 1. The molecule has 3 N–H and O–H groups in total. The van der Waals surface area contributed by atoms with Crippen LogP contribution in [0, 0.1) is 5.92 Å². The zero-order valence-corrected chi connectivity index (χ0v) is 23.7. The van der Waals surface area contributed by atoms with Crippen LogP contribution in [-0.4, -0.2) is 70.9 Å². The maximum atomic E-state index is 12.4. The third kappa shape index (κ3) is 5.37. The fraction of sp³-hybridized carbons (Fsp3) is 0.533. The summed E-state index contributed by atoms with van der Waals surface area (Å²) in [6, 6.07) is 6.23. The number of rotatable bonds is 7. The third-order valence-electron chi connectivity index (χ3n) is 8.70. The number of benzene rings is 1. The summed E-state index contributed by atoms with van der Waals surface area (Å²) < 4.78 is 7.78. The Morgan fingerprint density at radius 3 is 2.65 bits per heavy atom. The predicted molar refractivity (Wildman–Crippen MR) is 156 cm³/mol. The number of piperazine rings is 1. The summed E-state index contributed by atoms with van der Waals surface area (Å²) in [6.07, 6.45) is 10.6. The first-order valence-corrected chi connectivity index (χ1v) is 14.6. The molecule has 1 saturated heterocycles. The number of anilines is 3. The van der Waals surface area contributed by atoms with Crippen LogP contribution in [0.2, 0.25) is 0 Å². The second-order valence-corrected chi connectivity index (χ2v) is 11.4. The van der Waals surface area contributed by atoms with Crippen molar-refractivity contribution >= 4 is 23.2 Å². The van der Waals surface area contributed by atoms with Crippen molar-refractivity contribution in [2.45, 2.75) is 57.9 Å². The van der Waals surface area contributed by atoms with Crippen LogP contribution < -0.4 is 20.7 Å². The smallest absolute Gasteiger partial charge is 0.269 e. The van der Waals surface area contributed by atoms with Gasteiger partial charge in [-0.25, -0.2) is 9.97 Å². The number of likely N-dealkylation sites (N-methyl/N-ethyl adjacent to an activating group) is 1. The van der Waals surface area contributed by atoms with Gasteiger partial charge in [-0.1, -0.05) is 19.3 Å². The van der Waals surface area contributed by atoms with E-state index in [0.29, 0.717) is 17.6 Å². The number of nitrogens with two attached hydrogens (primary N) is 1. The van der Waals surface area contributed by atoms with Gasteiger partial charge in [-0.15, -0.1) is 0 Å². The van der Waals surface area contributed by atoms with Crippen LogP contribution in [0.1, 0.15) is 60.1 Å². The normalized spacial score (nSPS) is 18.1. The van der Waals surface area contributed by atoms with E-state index >= 15 is 0 Å². The van der Waals surface area contributed by atoms with E-state index in [-0.39, 0.29) is 0 Å². The molecule has 3 aliphatic rings. The number of fused-ring (bicyclic) bond motifs is 3. The number of primary amides is 1. The van der Waals surface area contributed by atoms with Crippen LogP contribution in [0.25, 0.3) is 11.4 Å². The molecule has 0 radical (unpaired) electrons. The van der Waals surface area contributed by atoms with E-state index in [1.165, 1.54) is 32.1 Å². The molecule has 0 bridgehead atoms. The molecule has 1 aliphatic heterocycles. The fourth-order valence-corrected chi connectivity index (χ4v) is 6.42. The second kappa shape index (κ2) is 11.4. The maximum absolute atomic E-state index is 12.4. The van der Waals surface area contributed by atoms with E-state index < -0.39 is 5.91 Å². The lowest BCUT2D eigenvalue weighted by molar-refractivity contribution is 0.0993. The van der Waals surface area contributed by atoms with Gasteiger partial charge in [0.05, 0.1) is 24.2 Å². The molecule has 40 heavy (non-hydrogen) atoms. The number of ether oxygens (including phenoxy) is 1. The van der Waals surface area contributed by atoms with Crippen LogP contribution in [-0.2, 0) is 19.4 Å². The predicted octanol–water partition coefficient (Wildman–Crippen LogP) is 4.01. The Morgan fingerprint density at radius 1 is 1.10 bits per heavy atom. The third-order valence-corrected chi connectivity index (χ3v) is 8.70. The molecular formula is C30H40N8O2. The second-order valence-electron chi connectivity index (χ2n) is 11.4. The number of aryl methyl sites for hydroxylation is 1. The Hall–Kier alpha value is -3.66. The number of carbonyl (C=O) groups excluding carboxylic acids is 1. The summed E-state index contributed by atoms with van der Waals surface area (Å²) >= 11 is 0. The lowest BCUT2D eigenvalue weighted by Gasteiger charge is -2.34. The molecule has 3 aromatic rings. The first kappa shape index (κ1) is 26.6. The summed E-state index contributed by atoms with van der Waals surface area (Å²) in [6.45, 7) is 4.85. The van der Waals surface area contributed by atoms with Crippen molar-refractivity contribution < 1.29 is 9.53 Å². The molecule has 2 fully saturated rings. The number of hydrogen-bond acceptors (Lipinski definition) is 8. The fourth-order valence-electron chi connectivity index (χ4n) is 6.42. The Morgan fingerprint density at radius 2 is 1.90 bits per heavy atom. The van der Waals surface area contributed by atoms with E-state index in [4.69, 9.17) is 20.6 Å². The SMILES string of the molecule is COc1cc(N2CCN(C)CC2)ccc1Nc1ncc2c(n1)-c1c(c(C(N)=O)nn1CC1CCCCC1)CCC2. The summed E-state index contributed by atoms with van der Waals surface area (Å²) in [5, 5.41) is 8.16. The van der Waals surface area contributed by atoms with E-state index in [2.05, 4.69) is 39.3 Å². The topological polar surface area (TPSA) is 114 Å². The Bertz CT molecular complexity index is 1370. The Kier molecular flexibility index (Phi) is 7.60. The molecule has 0 spiro atoms. The van der Waals surface area contributed by atoms with Gasteiger partial charge in [0.1, 0.15) is 5.75 Å². The highest BCUT2D eigenvalue weighted by Gasteiger charge is 2.29. The van der Waals surface area contributed by atoms with Crippen LogP contribution in [0.4, 0.5) is 17.3 Å². The average Bonchev–Trinajstić information content (AvgIpc) is 3.21. The van der Waals surface area contributed by atoms with Gasteiger partial charge in [-0.05, 0) is 62.8 Å². The minimum atomic E-state index is -0.473. The highest BCUT2D eigenvalue weighted by molar-refractivity contribution is 5.94. The number of hydrogen-bond donors (Lipinski definition) is 2. The summed E-state index contributed by atoms with van der Waals surface area (Å²) in [7, 11) is 3.85. The Balaban J connectivity index is 1.33. The minimum Gasteiger partial charge on any atom is -0.494 e. The first-order chi connectivity index (χ1) is 19.5. The monoisotopic (exact) mass is 544 g/mol. The summed E-state index contributed by atoms with van der Waals surface area (Å²) in [4.78, 5) is 26.8. The first-order valence-electron chi connectivity index (χ1n) is 14.6. The van der Waals surface area contributed by atoms with E-state index in [9.17, 15) is 4.79 Å². The van der Waals surface area contributed by atoms with Gasteiger partial charge in [0.15, 0.2) is 5.69 Å². The molecule has 6 rings (SSSR count). The van der Waals surface area contributed by atoms with Crippen molar-refractivity contribution in [1.29, 1.82) is 0 Å². The van der Waals surface area contributed by atoms with E-state index in [1.807, 2.05) is 16.9 Å². The molecule has 1 aromatic carbocycles. The Labute approximate surface area is 235 Å². The van der Waals surface area contributed by atoms with Gasteiger partial charge in [0.2, 0.25) is 5.95 Å². The average molecular weight is 545 g/mol. The highest BCUT2D eigenvalue weighted by Crippen LogP contribution is 2.37. The van der Waals surface area contributed by atoms with Crippen LogP contribution in [0.15, 0.2) is 24.4 Å². The van der Waals surface area contributed by atoms with Crippen molar-refractivity contribution in [2.24, 2.45) is 11.7 Å². The van der Waals surface area contributed by atoms with Crippen molar-refractivity contribution in [3.63, 3.8) is 0 Å². The van der Waals surface area contributed by atoms with Crippen molar-refractivity contribution in [3.05, 3.63) is 41.2 Å². The van der Waals surface area contributed by atoms with Gasteiger partial charge < -0.3 is 25.6 Å². The van der Waals surface area contributed by atoms with Crippen LogP contribution in [0.5, 0.6) is 5.75 Å². The lowest BCUT2D eigenvalue weighted by atomic mass is 9.89. The van der Waals surface area contributed by atoms with Gasteiger partial charge in [-0.2, -0.15) is 5.10 Å². The molecule has 10 heteroatoms. The molecule has 1 saturated carbocycles. The van der Waals surface area contributed by atoms with Gasteiger partial charge in [-0.3, -0.25) is 9.48 Å². The number of nitrogens with zero attached hydrogens (tertiary/aromatic N) is 6. The number of carbonyl (C=O) groups is 1. The molecular weight excluding hydrogens is 504 g/mol. The molecule has 2 aliphatic carbocycles. The highest BCUT2D eigenvalue weighted by atomic mass is 16.5. The quantitative estimate of drug-likeness (QED) is 0.459. The number of methoxy groups -OCH3 is 1. The number of aromatic nitrogens is 4. The zero-order valence-electron chi connectivity index (χ0n) is 23.7. The van der Waals surface area contributed by atoms with Gasteiger partial charge in [0.25, 0.3) is 5.91 Å². The molecule has 212 valence electrons. The lowest BCUT2D eigenvalue weighted by Crippen LogP contribution is -2.44. The van der Waals surface area contributed by atoms with Crippen LogP contribution >= 0.6 is 0 Å². The van der Waals surface area contributed by atoms with Crippen molar-refractivity contribution in [3.8, 4) is 17.1 Å². The van der Waals surface area contributed by atoms with Crippen LogP contribution in [0.3, 0.4) is 0 Å². The minimum absolute atomic E-state index is 0.382. The zero-order chi connectivity index (χ0) is 27.6. The maximum Gasteiger partial charge on any atom is 0.269 e. The largest absolute Gasteiger partial charge is 0.494 e. The standard InChI is InChI=1S/C30H40N8O2/c1-36-13-15-37(16-14-36)22-11-12-24(25(17-22)40-2)33-30-32-18-21-9-6-10-23-27(29(31)39)35-38(28(23)26(21)34-30)19-20-7-4-3-5-8-20/h11-12,17-18,20H,3-10,13-16,19H2,1-2H3,(H2,31,39)(H,32,33,34).